The average Bonchev–Trinajstić information content (AvgIpc) is 2.42. The molecule has 5 nitrogen and oxygen atoms in total. The number of nitrogens with one attached hydrogen (secondary N) is 2. The van der Waals surface area contributed by atoms with Crippen LogP contribution in [0.5, 0.6) is 5.75 Å². The number of amidine groups is 1. The van der Waals surface area contributed by atoms with E-state index in [2.05, 4.69) is 15.0 Å². The first-order chi connectivity index (χ1) is 11.2. The van der Waals surface area contributed by atoms with Crippen molar-refractivity contribution in [2.24, 2.45) is 10.7 Å². The van der Waals surface area contributed by atoms with Gasteiger partial charge in [0.15, 0.2) is 5.17 Å². The minimum atomic E-state index is -4.73. The van der Waals surface area contributed by atoms with Gasteiger partial charge in [0.1, 0.15) is 11.3 Å². The van der Waals surface area contributed by atoms with Crippen LogP contribution in [0.1, 0.15) is 18.9 Å². The average molecular weight is 383 g/mol. The summed E-state index contributed by atoms with van der Waals surface area (Å²) >= 11 is 6.80. The van der Waals surface area contributed by atoms with E-state index in [-0.39, 0.29) is 28.3 Å². The summed E-state index contributed by atoms with van der Waals surface area (Å²) in [6, 6.07) is 5.67. The minimum absolute atomic E-state index is 0.0750. The number of ether oxygens (including phenoxy) is 1. The monoisotopic (exact) mass is 382 g/mol. The second kappa shape index (κ2) is 9.75. The smallest absolute Gasteiger partial charge is 0.406 e. The lowest BCUT2D eigenvalue weighted by Gasteiger charge is -2.16. The fourth-order valence-electron chi connectivity index (χ4n) is 1.71. The van der Waals surface area contributed by atoms with Gasteiger partial charge in [0, 0.05) is 19.2 Å². The Morgan fingerprint density at radius 1 is 1.54 bits per heavy atom. The summed E-state index contributed by atoms with van der Waals surface area (Å²) in [6.07, 6.45) is -2.65. The van der Waals surface area contributed by atoms with E-state index < -0.39 is 6.36 Å². The molecule has 0 aliphatic carbocycles. The molecule has 2 atom stereocenters. The molecule has 0 fully saturated rings. The Morgan fingerprint density at radius 3 is 2.83 bits per heavy atom. The molecule has 0 saturated carbocycles. The van der Waals surface area contributed by atoms with Crippen molar-refractivity contribution in [3.8, 4) is 5.75 Å². The summed E-state index contributed by atoms with van der Waals surface area (Å²) in [6.45, 7) is 2.00. The second-order valence-electron chi connectivity index (χ2n) is 4.69. The standard InChI is InChI=1S/C14H18ClF3N4OS/c1-9(15)21-6-5-12(24-13(19)20)22-8-10-3-2-4-11(7-10)23-14(16,17)18/h2-4,6-7,9,12,22H,5,8H2,1H3,(H3,19,20)/b21-6-. The van der Waals surface area contributed by atoms with Gasteiger partial charge in [-0.05, 0) is 24.6 Å². The molecule has 2 unspecified atom stereocenters. The number of hydrogen-bond acceptors (Lipinski definition) is 5. The Morgan fingerprint density at radius 2 is 2.25 bits per heavy atom. The van der Waals surface area contributed by atoms with Crippen LogP contribution in [0.25, 0.3) is 0 Å². The van der Waals surface area contributed by atoms with Gasteiger partial charge in [-0.25, -0.2) is 0 Å². The topological polar surface area (TPSA) is 83.5 Å². The molecule has 1 aromatic rings. The lowest BCUT2D eigenvalue weighted by Crippen LogP contribution is -2.29. The zero-order valence-corrected chi connectivity index (χ0v) is 14.4. The number of nitrogens with zero attached hydrogens (tertiary/aromatic N) is 1. The molecule has 0 radical (unpaired) electrons. The maximum atomic E-state index is 12.2. The molecule has 0 aliphatic heterocycles. The van der Waals surface area contributed by atoms with Crippen LogP contribution >= 0.6 is 23.4 Å². The number of thioether (sulfide) groups is 1. The van der Waals surface area contributed by atoms with Crippen molar-refractivity contribution < 1.29 is 17.9 Å². The zero-order valence-electron chi connectivity index (χ0n) is 12.8. The van der Waals surface area contributed by atoms with E-state index in [1.807, 2.05) is 0 Å². The van der Waals surface area contributed by atoms with Crippen LogP contribution in [0.15, 0.2) is 29.3 Å². The van der Waals surface area contributed by atoms with Crippen molar-refractivity contribution >= 4 is 34.7 Å². The predicted molar refractivity (Wildman–Crippen MR) is 91.7 cm³/mol. The largest absolute Gasteiger partial charge is 0.573 e. The van der Waals surface area contributed by atoms with Crippen LogP contribution in [0.3, 0.4) is 0 Å². The van der Waals surface area contributed by atoms with Crippen molar-refractivity contribution in [1.82, 2.24) is 5.32 Å². The number of halogens is 4. The van der Waals surface area contributed by atoms with Gasteiger partial charge >= 0.3 is 6.36 Å². The molecule has 0 saturated heterocycles. The molecule has 10 heteroatoms. The fourth-order valence-corrected chi connectivity index (χ4v) is 2.45. The van der Waals surface area contributed by atoms with E-state index in [9.17, 15) is 13.2 Å². The molecule has 1 rings (SSSR count). The Labute approximate surface area is 147 Å². The van der Waals surface area contributed by atoms with Gasteiger partial charge in [-0.3, -0.25) is 10.4 Å². The highest BCUT2D eigenvalue weighted by Crippen LogP contribution is 2.23. The van der Waals surface area contributed by atoms with Crippen molar-refractivity contribution in [3.05, 3.63) is 29.8 Å². The van der Waals surface area contributed by atoms with Gasteiger partial charge in [0.2, 0.25) is 0 Å². The van der Waals surface area contributed by atoms with E-state index >= 15 is 0 Å². The molecule has 4 N–H and O–H groups in total. The molecule has 1 aromatic carbocycles. The van der Waals surface area contributed by atoms with Crippen LogP contribution in [0.2, 0.25) is 0 Å². The van der Waals surface area contributed by atoms with E-state index in [4.69, 9.17) is 22.7 Å². The third-order valence-electron chi connectivity index (χ3n) is 2.57. The zero-order chi connectivity index (χ0) is 18.2. The number of aliphatic imine (C=N–C) groups is 1. The highest BCUT2D eigenvalue weighted by atomic mass is 35.5. The highest BCUT2D eigenvalue weighted by molar-refractivity contribution is 8.14. The first kappa shape index (κ1) is 20.6. The third kappa shape index (κ3) is 9.64. The first-order valence-corrected chi connectivity index (χ1v) is 8.22. The van der Waals surface area contributed by atoms with Crippen molar-refractivity contribution in [2.45, 2.75) is 37.1 Å². The van der Waals surface area contributed by atoms with Crippen LogP contribution < -0.4 is 15.8 Å². The highest BCUT2D eigenvalue weighted by Gasteiger charge is 2.31. The summed E-state index contributed by atoms with van der Waals surface area (Å²) in [5, 5.41) is 10.1. The quantitative estimate of drug-likeness (QED) is 0.210. The van der Waals surface area contributed by atoms with Crippen molar-refractivity contribution in [2.75, 3.05) is 0 Å². The Balaban J connectivity index is 2.65. The summed E-state index contributed by atoms with van der Waals surface area (Å²) in [5.74, 6) is -0.282. The van der Waals surface area contributed by atoms with Crippen molar-refractivity contribution in [3.63, 3.8) is 0 Å². The fraction of sp³-hybridized carbons (Fsp3) is 0.429. The third-order valence-corrected chi connectivity index (χ3v) is 3.58. The van der Waals surface area contributed by atoms with Gasteiger partial charge in [0.25, 0.3) is 0 Å². The van der Waals surface area contributed by atoms with Crippen LogP contribution in [0, 0.1) is 5.41 Å². The van der Waals surface area contributed by atoms with Crippen LogP contribution in [0.4, 0.5) is 13.2 Å². The second-order valence-corrected chi connectivity index (χ2v) is 6.56. The summed E-state index contributed by atoms with van der Waals surface area (Å²) < 4.78 is 40.6. The number of nitrogens with two attached hydrogens (primary N) is 1. The molecular formula is C14H18ClF3N4OS. The van der Waals surface area contributed by atoms with Gasteiger partial charge in [0.05, 0.1) is 5.37 Å². The molecule has 24 heavy (non-hydrogen) atoms. The Bertz CT molecular complexity index is 569. The van der Waals surface area contributed by atoms with Gasteiger partial charge in [-0.2, -0.15) is 0 Å². The molecule has 0 amide bonds. The maximum absolute atomic E-state index is 12.2. The lowest BCUT2D eigenvalue weighted by molar-refractivity contribution is -0.274. The molecule has 0 aliphatic rings. The van der Waals surface area contributed by atoms with Crippen LogP contribution in [-0.2, 0) is 6.54 Å². The van der Waals surface area contributed by atoms with Gasteiger partial charge in [-0.15, -0.1) is 13.2 Å². The molecular weight excluding hydrogens is 365 g/mol. The maximum Gasteiger partial charge on any atom is 0.573 e. The SMILES string of the molecule is CC(Cl)/N=C\CC(NCc1cccc(OC(F)(F)F)c1)SC(=N)N. The molecule has 0 spiro atoms. The molecule has 134 valence electrons. The Hall–Kier alpha value is -1.45. The van der Waals surface area contributed by atoms with E-state index in [0.717, 1.165) is 11.8 Å². The Kier molecular flexibility index (Phi) is 8.37. The van der Waals surface area contributed by atoms with Crippen molar-refractivity contribution in [1.29, 1.82) is 5.41 Å². The number of hydrogen-bond donors (Lipinski definition) is 3. The number of benzene rings is 1. The summed E-state index contributed by atoms with van der Waals surface area (Å²) in [7, 11) is 0. The van der Waals surface area contributed by atoms with E-state index in [0.29, 0.717) is 12.0 Å². The minimum Gasteiger partial charge on any atom is -0.406 e. The lowest BCUT2D eigenvalue weighted by atomic mass is 10.2. The molecule has 0 heterocycles. The first-order valence-electron chi connectivity index (χ1n) is 6.90. The van der Waals surface area contributed by atoms with Gasteiger partial charge in [-0.1, -0.05) is 35.5 Å². The molecule has 0 bridgehead atoms. The van der Waals surface area contributed by atoms with Gasteiger partial charge < -0.3 is 15.8 Å². The summed E-state index contributed by atoms with van der Waals surface area (Å²) in [5.41, 5.74) is 5.63. The summed E-state index contributed by atoms with van der Waals surface area (Å²) in [4.78, 5) is 4.01. The normalized spacial score (nSPS) is 14.5. The van der Waals surface area contributed by atoms with E-state index in [1.54, 1.807) is 19.2 Å². The predicted octanol–water partition coefficient (Wildman–Crippen LogP) is 3.67. The van der Waals surface area contributed by atoms with E-state index in [1.165, 1.54) is 18.2 Å². The van der Waals surface area contributed by atoms with Crippen LogP contribution in [-0.4, -0.2) is 28.6 Å². The number of alkyl halides is 4. The molecule has 0 aromatic heterocycles. The number of rotatable bonds is 8.